The maximum Gasteiger partial charge on any atom is 0.226 e. The van der Waals surface area contributed by atoms with Gasteiger partial charge in [-0.2, -0.15) is 4.98 Å². The first-order valence-electron chi connectivity index (χ1n) is 4.97. The van der Waals surface area contributed by atoms with E-state index in [-0.39, 0.29) is 6.04 Å². The van der Waals surface area contributed by atoms with Crippen molar-refractivity contribution in [3.8, 4) is 0 Å². The molecule has 1 aromatic rings. The van der Waals surface area contributed by atoms with Gasteiger partial charge in [-0.05, 0) is 6.42 Å². The summed E-state index contributed by atoms with van der Waals surface area (Å²) < 4.78 is 10.3. The lowest BCUT2D eigenvalue weighted by Crippen LogP contribution is -2.22. The summed E-state index contributed by atoms with van der Waals surface area (Å²) in [7, 11) is 0. The van der Waals surface area contributed by atoms with Gasteiger partial charge in [0, 0.05) is 18.9 Å². The summed E-state index contributed by atoms with van der Waals surface area (Å²) in [5.41, 5.74) is 6.00. The predicted molar refractivity (Wildman–Crippen MR) is 49.5 cm³/mol. The molecular weight excluding hydrogens is 182 g/mol. The van der Waals surface area contributed by atoms with Crippen LogP contribution >= 0.6 is 0 Å². The Bertz CT molecular complexity index is 294. The summed E-state index contributed by atoms with van der Waals surface area (Å²) >= 11 is 0. The maximum absolute atomic E-state index is 6.00. The number of nitrogens with zero attached hydrogens (tertiary/aromatic N) is 2. The molecule has 0 aromatic carbocycles. The van der Waals surface area contributed by atoms with E-state index in [2.05, 4.69) is 10.1 Å². The molecule has 2 unspecified atom stereocenters. The van der Waals surface area contributed by atoms with Crippen LogP contribution in [0, 0.1) is 5.92 Å². The summed E-state index contributed by atoms with van der Waals surface area (Å²) in [5, 5.41) is 3.86. The summed E-state index contributed by atoms with van der Waals surface area (Å²) in [6.07, 6.45) is 1.73. The van der Waals surface area contributed by atoms with Gasteiger partial charge in [-0.1, -0.05) is 12.1 Å². The van der Waals surface area contributed by atoms with Crippen molar-refractivity contribution in [3.05, 3.63) is 11.7 Å². The van der Waals surface area contributed by atoms with Crippen molar-refractivity contribution in [3.63, 3.8) is 0 Å². The zero-order chi connectivity index (χ0) is 9.97. The lowest BCUT2D eigenvalue weighted by atomic mass is 10.00. The van der Waals surface area contributed by atoms with Gasteiger partial charge in [-0.15, -0.1) is 0 Å². The van der Waals surface area contributed by atoms with Gasteiger partial charge >= 0.3 is 0 Å². The minimum Gasteiger partial charge on any atom is -0.381 e. The molecule has 2 rings (SSSR count). The number of hydrogen-bond acceptors (Lipinski definition) is 5. The van der Waals surface area contributed by atoms with E-state index >= 15 is 0 Å². The van der Waals surface area contributed by atoms with Gasteiger partial charge in [0.05, 0.1) is 12.6 Å². The molecule has 5 nitrogen and oxygen atoms in total. The molecule has 1 aliphatic heterocycles. The van der Waals surface area contributed by atoms with Crippen LogP contribution in [0.1, 0.15) is 31.1 Å². The Morgan fingerprint density at radius 2 is 2.50 bits per heavy atom. The van der Waals surface area contributed by atoms with Crippen molar-refractivity contribution in [1.82, 2.24) is 10.1 Å². The second-order valence-corrected chi connectivity index (χ2v) is 3.55. The molecule has 2 atom stereocenters. The van der Waals surface area contributed by atoms with Gasteiger partial charge in [0.15, 0.2) is 5.82 Å². The highest BCUT2D eigenvalue weighted by molar-refractivity contribution is 4.96. The molecule has 1 aliphatic rings. The van der Waals surface area contributed by atoms with Gasteiger partial charge in [-0.3, -0.25) is 0 Å². The Morgan fingerprint density at radius 1 is 1.64 bits per heavy atom. The molecular formula is C9H15N3O2. The molecule has 0 spiro atoms. The van der Waals surface area contributed by atoms with Crippen molar-refractivity contribution < 1.29 is 9.26 Å². The standard InChI is InChI=1S/C9H15N3O2/c1-2-7-11-9(12-14-7)8(10)6-3-4-13-5-6/h6,8H,2-5,10H2,1H3. The van der Waals surface area contributed by atoms with Crippen LogP contribution in [0.2, 0.25) is 0 Å². The quantitative estimate of drug-likeness (QED) is 0.770. The van der Waals surface area contributed by atoms with E-state index in [0.717, 1.165) is 19.4 Å². The SMILES string of the molecule is CCc1nc(C(N)C2CCOC2)no1. The van der Waals surface area contributed by atoms with Gasteiger partial charge < -0.3 is 15.0 Å². The number of aromatic nitrogens is 2. The highest BCUT2D eigenvalue weighted by atomic mass is 16.5. The molecule has 0 radical (unpaired) electrons. The van der Waals surface area contributed by atoms with Gasteiger partial charge in [-0.25, -0.2) is 0 Å². The van der Waals surface area contributed by atoms with Crippen LogP contribution in [0.3, 0.4) is 0 Å². The first-order chi connectivity index (χ1) is 6.81. The van der Waals surface area contributed by atoms with E-state index in [0.29, 0.717) is 24.2 Å². The van der Waals surface area contributed by atoms with E-state index in [1.807, 2.05) is 6.92 Å². The van der Waals surface area contributed by atoms with Crippen LogP contribution < -0.4 is 5.73 Å². The van der Waals surface area contributed by atoms with Crippen LogP contribution in [0.25, 0.3) is 0 Å². The summed E-state index contributed by atoms with van der Waals surface area (Å²) in [6, 6.07) is -0.151. The normalized spacial score (nSPS) is 24.0. The molecule has 0 aliphatic carbocycles. The Morgan fingerprint density at radius 3 is 3.07 bits per heavy atom. The number of hydrogen-bond donors (Lipinski definition) is 1. The molecule has 1 saturated heterocycles. The van der Waals surface area contributed by atoms with E-state index < -0.39 is 0 Å². The molecule has 14 heavy (non-hydrogen) atoms. The molecule has 0 saturated carbocycles. The monoisotopic (exact) mass is 197 g/mol. The van der Waals surface area contributed by atoms with E-state index in [4.69, 9.17) is 15.0 Å². The summed E-state index contributed by atoms with van der Waals surface area (Å²) in [6.45, 7) is 3.47. The van der Waals surface area contributed by atoms with Crippen LogP contribution in [0.15, 0.2) is 4.52 Å². The average Bonchev–Trinajstić information content (AvgIpc) is 2.88. The largest absolute Gasteiger partial charge is 0.381 e. The third-order valence-electron chi connectivity index (χ3n) is 2.56. The van der Waals surface area contributed by atoms with Crippen molar-refractivity contribution in [2.75, 3.05) is 13.2 Å². The first-order valence-corrected chi connectivity index (χ1v) is 4.97. The highest BCUT2D eigenvalue weighted by Crippen LogP contribution is 2.24. The van der Waals surface area contributed by atoms with E-state index in [1.54, 1.807) is 0 Å². The lowest BCUT2D eigenvalue weighted by molar-refractivity contribution is 0.179. The maximum atomic E-state index is 6.00. The number of nitrogens with two attached hydrogens (primary N) is 1. The zero-order valence-electron chi connectivity index (χ0n) is 8.27. The topological polar surface area (TPSA) is 74.2 Å². The number of ether oxygens (including phenoxy) is 1. The fraction of sp³-hybridized carbons (Fsp3) is 0.778. The van der Waals surface area contributed by atoms with Crippen LogP contribution in [-0.2, 0) is 11.2 Å². The molecule has 2 heterocycles. The average molecular weight is 197 g/mol. The summed E-state index contributed by atoms with van der Waals surface area (Å²) in [4.78, 5) is 4.21. The molecule has 1 fully saturated rings. The Labute approximate surface area is 82.6 Å². The molecule has 0 bridgehead atoms. The van der Waals surface area contributed by atoms with Crippen molar-refractivity contribution >= 4 is 0 Å². The zero-order valence-corrected chi connectivity index (χ0v) is 8.27. The van der Waals surface area contributed by atoms with Crippen molar-refractivity contribution in [2.45, 2.75) is 25.8 Å². The second kappa shape index (κ2) is 4.06. The van der Waals surface area contributed by atoms with E-state index in [9.17, 15) is 0 Å². The third kappa shape index (κ3) is 1.78. The first kappa shape index (κ1) is 9.61. The molecule has 0 amide bonds. The smallest absolute Gasteiger partial charge is 0.226 e. The minimum atomic E-state index is -0.151. The van der Waals surface area contributed by atoms with Gasteiger partial charge in [0.2, 0.25) is 5.89 Å². The fourth-order valence-electron chi connectivity index (χ4n) is 1.59. The molecule has 78 valence electrons. The van der Waals surface area contributed by atoms with Crippen LogP contribution in [0.4, 0.5) is 0 Å². The number of aryl methyl sites for hydroxylation is 1. The summed E-state index contributed by atoms with van der Waals surface area (Å²) in [5.74, 6) is 1.59. The van der Waals surface area contributed by atoms with Crippen LogP contribution in [-0.4, -0.2) is 23.4 Å². The van der Waals surface area contributed by atoms with E-state index in [1.165, 1.54) is 0 Å². The third-order valence-corrected chi connectivity index (χ3v) is 2.56. The Kier molecular flexibility index (Phi) is 2.79. The highest BCUT2D eigenvalue weighted by Gasteiger charge is 2.27. The fourth-order valence-corrected chi connectivity index (χ4v) is 1.59. The predicted octanol–water partition coefficient (Wildman–Crippen LogP) is 0.668. The van der Waals surface area contributed by atoms with Crippen molar-refractivity contribution in [2.24, 2.45) is 11.7 Å². The molecule has 1 aromatic heterocycles. The number of rotatable bonds is 3. The van der Waals surface area contributed by atoms with Gasteiger partial charge in [0.1, 0.15) is 0 Å². The second-order valence-electron chi connectivity index (χ2n) is 3.55. The van der Waals surface area contributed by atoms with Gasteiger partial charge in [0.25, 0.3) is 0 Å². The lowest BCUT2D eigenvalue weighted by Gasteiger charge is -2.12. The van der Waals surface area contributed by atoms with Crippen molar-refractivity contribution in [1.29, 1.82) is 0 Å². The van der Waals surface area contributed by atoms with Crippen LogP contribution in [0.5, 0.6) is 0 Å². The Hall–Kier alpha value is -0.940. The Balaban J connectivity index is 2.05. The molecule has 5 heteroatoms. The molecule has 2 N–H and O–H groups in total. The minimum absolute atomic E-state index is 0.151.